The summed E-state index contributed by atoms with van der Waals surface area (Å²) in [5.74, 6) is 0.380. The second-order valence-corrected chi connectivity index (χ2v) is 10.6. The number of fused-ring (bicyclic) bond motifs is 1. The van der Waals surface area contributed by atoms with E-state index in [1.807, 2.05) is 6.07 Å². The van der Waals surface area contributed by atoms with Crippen molar-refractivity contribution in [3.63, 3.8) is 0 Å². The van der Waals surface area contributed by atoms with Crippen LogP contribution in [-0.4, -0.2) is 71.9 Å². The fraction of sp³-hybridized carbons (Fsp3) is 0.400. The van der Waals surface area contributed by atoms with Gasteiger partial charge in [0.1, 0.15) is 0 Å². The van der Waals surface area contributed by atoms with E-state index in [1.165, 1.54) is 15.2 Å². The van der Waals surface area contributed by atoms with Gasteiger partial charge in [0.2, 0.25) is 21.9 Å². The molecule has 0 bridgehead atoms. The van der Waals surface area contributed by atoms with E-state index in [9.17, 15) is 13.5 Å². The van der Waals surface area contributed by atoms with Crippen LogP contribution >= 0.6 is 11.6 Å². The molecule has 4 aromatic rings. The van der Waals surface area contributed by atoms with Crippen molar-refractivity contribution < 1.29 is 13.5 Å². The van der Waals surface area contributed by atoms with Gasteiger partial charge >= 0.3 is 0 Å². The van der Waals surface area contributed by atoms with Gasteiger partial charge in [-0.15, -0.1) is 0 Å². The molecule has 0 unspecified atom stereocenters. The number of aromatic nitrogens is 7. The maximum absolute atomic E-state index is 11.9. The van der Waals surface area contributed by atoms with Crippen LogP contribution in [0.5, 0.6) is 5.88 Å². The number of H-pyrrole nitrogens is 1. The summed E-state index contributed by atoms with van der Waals surface area (Å²) >= 11 is 6.08. The van der Waals surface area contributed by atoms with E-state index in [1.54, 1.807) is 29.3 Å². The summed E-state index contributed by atoms with van der Waals surface area (Å²) in [5.41, 5.74) is 2.86. The lowest BCUT2D eigenvalue weighted by molar-refractivity contribution is 0.317. The second kappa shape index (κ2) is 8.43. The van der Waals surface area contributed by atoms with Gasteiger partial charge in [0.25, 0.3) is 0 Å². The van der Waals surface area contributed by atoms with Gasteiger partial charge in [0, 0.05) is 36.0 Å². The lowest BCUT2D eigenvalue weighted by Gasteiger charge is -2.29. The van der Waals surface area contributed by atoms with Crippen molar-refractivity contribution in [2.45, 2.75) is 31.7 Å². The fourth-order valence-electron chi connectivity index (χ4n) is 4.27. The molecule has 1 aromatic carbocycles. The average Bonchev–Trinajstić information content (AvgIpc) is 3.50. The summed E-state index contributed by atoms with van der Waals surface area (Å²) in [7, 11) is -3.23. The van der Waals surface area contributed by atoms with Crippen LogP contribution in [0.3, 0.4) is 0 Å². The second-order valence-electron chi connectivity index (χ2n) is 8.13. The van der Waals surface area contributed by atoms with Crippen LogP contribution in [0.4, 0.5) is 0 Å². The number of aryl methyl sites for hydroxylation is 1. The lowest BCUT2D eigenvalue weighted by atomic mass is 9.91. The number of hydrogen-bond donors (Lipinski definition) is 2. The summed E-state index contributed by atoms with van der Waals surface area (Å²) in [6.07, 6.45) is 6.13. The number of halogens is 1. The van der Waals surface area contributed by atoms with Crippen LogP contribution in [0, 0.1) is 0 Å². The van der Waals surface area contributed by atoms with Crippen molar-refractivity contribution >= 4 is 32.7 Å². The number of aromatic hydroxyl groups is 1. The zero-order chi connectivity index (χ0) is 23.2. The van der Waals surface area contributed by atoms with E-state index in [4.69, 9.17) is 16.7 Å². The minimum atomic E-state index is -3.23. The summed E-state index contributed by atoms with van der Waals surface area (Å²) in [6.45, 7) is 1.30. The molecular weight excluding hydrogens is 468 g/mol. The Balaban J connectivity index is 1.50. The standard InChI is InChI=1S/C20H23ClN8O3S/c1-33(31,32)27-9-4-13(5-10-27)18-15(6-11-28-22-7-8-23-28)19(30)29(26-18)20-24-16-3-2-14(21)12-17(16)25-20/h2-3,7-8,12-13,30H,4-6,9-11H2,1H3,(H,24,25). The number of benzene rings is 1. The zero-order valence-electron chi connectivity index (χ0n) is 17.9. The van der Waals surface area contributed by atoms with Crippen LogP contribution in [0.15, 0.2) is 30.6 Å². The number of sulfonamides is 1. The van der Waals surface area contributed by atoms with Gasteiger partial charge in [-0.2, -0.15) is 24.8 Å². The molecule has 0 radical (unpaired) electrons. The molecule has 5 rings (SSSR count). The van der Waals surface area contributed by atoms with Gasteiger partial charge in [-0.3, -0.25) is 0 Å². The first-order valence-electron chi connectivity index (χ1n) is 10.5. The molecule has 33 heavy (non-hydrogen) atoms. The van der Waals surface area contributed by atoms with Gasteiger partial charge in [-0.05, 0) is 31.0 Å². The lowest BCUT2D eigenvalue weighted by Crippen LogP contribution is -2.37. The average molecular weight is 491 g/mol. The molecule has 174 valence electrons. The number of piperidine rings is 1. The Morgan fingerprint density at radius 3 is 2.64 bits per heavy atom. The first-order valence-corrected chi connectivity index (χ1v) is 12.8. The Hall–Kier alpha value is -2.96. The Morgan fingerprint density at radius 2 is 1.94 bits per heavy atom. The van der Waals surface area contributed by atoms with E-state index in [0.29, 0.717) is 60.9 Å². The van der Waals surface area contributed by atoms with Gasteiger partial charge < -0.3 is 10.1 Å². The third kappa shape index (κ3) is 4.33. The molecule has 1 fully saturated rings. The van der Waals surface area contributed by atoms with Crippen molar-refractivity contribution in [2.24, 2.45) is 0 Å². The highest BCUT2D eigenvalue weighted by Crippen LogP contribution is 2.36. The quantitative estimate of drug-likeness (QED) is 0.422. The molecule has 1 aliphatic rings. The zero-order valence-corrected chi connectivity index (χ0v) is 19.5. The third-order valence-electron chi connectivity index (χ3n) is 5.96. The monoisotopic (exact) mass is 490 g/mol. The van der Waals surface area contributed by atoms with Gasteiger partial charge in [0.15, 0.2) is 0 Å². The number of imidazole rings is 1. The van der Waals surface area contributed by atoms with Crippen molar-refractivity contribution in [3.05, 3.63) is 46.9 Å². The molecule has 13 heteroatoms. The molecule has 0 amide bonds. The van der Waals surface area contributed by atoms with Crippen LogP contribution in [-0.2, 0) is 23.0 Å². The fourth-order valence-corrected chi connectivity index (χ4v) is 5.31. The molecular formula is C20H23ClN8O3S. The highest BCUT2D eigenvalue weighted by atomic mass is 35.5. The minimum Gasteiger partial charge on any atom is -0.493 e. The van der Waals surface area contributed by atoms with E-state index in [0.717, 1.165) is 11.2 Å². The number of aromatic amines is 1. The topological polar surface area (TPSA) is 135 Å². The SMILES string of the molecule is CS(=O)(=O)N1CCC(c2nn(-c3nc4cc(Cl)ccc4[nH]3)c(O)c2CCn2nccn2)CC1. The number of hydrogen-bond acceptors (Lipinski definition) is 7. The van der Waals surface area contributed by atoms with E-state index in [2.05, 4.69) is 20.2 Å². The van der Waals surface area contributed by atoms with Crippen molar-refractivity contribution in [1.29, 1.82) is 0 Å². The molecule has 3 aromatic heterocycles. The third-order valence-corrected chi connectivity index (χ3v) is 7.50. The van der Waals surface area contributed by atoms with Gasteiger partial charge in [-0.25, -0.2) is 17.7 Å². The Bertz CT molecular complexity index is 1390. The van der Waals surface area contributed by atoms with Gasteiger partial charge in [0.05, 0.1) is 41.9 Å². The van der Waals surface area contributed by atoms with Gasteiger partial charge in [-0.1, -0.05) is 11.6 Å². The molecule has 1 aliphatic heterocycles. The first-order chi connectivity index (χ1) is 15.8. The largest absolute Gasteiger partial charge is 0.493 e. The Labute approximate surface area is 195 Å². The maximum Gasteiger partial charge on any atom is 0.232 e. The normalized spacial score (nSPS) is 16.1. The number of nitrogens with one attached hydrogen (secondary N) is 1. The summed E-state index contributed by atoms with van der Waals surface area (Å²) < 4.78 is 26.7. The molecule has 2 N–H and O–H groups in total. The molecule has 1 saturated heterocycles. The van der Waals surface area contributed by atoms with E-state index < -0.39 is 10.0 Å². The smallest absolute Gasteiger partial charge is 0.232 e. The summed E-state index contributed by atoms with van der Waals surface area (Å²) in [4.78, 5) is 9.27. The van der Waals surface area contributed by atoms with E-state index >= 15 is 0 Å². The van der Waals surface area contributed by atoms with Crippen LogP contribution < -0.4 is 0 Å². The van der Waals surface area contributed by atoms with Crippen LogP contribution in [0.1, 0.15) is 30.0 Å². The summed E-state index contributed by atoms with van der Waals surface area (Å²) in [5, 5.41) is 24.7. The van der Waals surface area contributed by atoms with Crippen molar-refractivity contribution in [3.8, 4) is 11.8 Å². The number of rotatable bonds is 6. The molecule has 11 nitrogen and oxygen atoms in total. The molecule has 0 atom stereocenters. The molecule has 0 saturated carbocycles. The molecule has 0 aliphatic carbocycles. The highest BCUT2D eigenvalue weighted by molar-refractivity contribution is 7.88. The minimum absolute atomic E-state index is 0.00662. The van der Waals surface area contributed by atoms with E-state index in [-0.39, 0.29) is 11.8 Å². The Kier molecular flexibility index (Phi) is 5.59. The van der Waals surface area contributed by atoms with Crippen LogP contribution in [0.2, 0.25) is 5.02 Å². The highest BCUT2D eigenvalue weighted by Gasteiger charge is 2.31. The predicted molar refractivity (Wildman–Crippen MR) is 122 cm³/mol. The molecule has 0 spiro atoms. The number of nitrogens with zero attached hydrogens (tertiary/aromatic N) is 7. The molecule has 4 heterocycles. The van der Waals surface area contributed by atoms with Crippen molar-refractivity contribution in [2.75, 3.05) is 19.3 Å². The Morgan fingerprint density at radius 1 is 1.21 bits per heavy atom. The van der Waals surface area contributed by atoms with Crippen LogP contribution in [0.25, 0.3) is 17.0 Å². The maximum atomic E-state index is 11.9. The van der Waals surface area contributed by atoms with Crippen molar-refractivity contribution in [1.82, 2.24) is 39.0 Å². The summed E-state index contributed by atoms with van der Waals surface area (Å²) in [6, 6.07) is 5.32. The first kappa shape index (κ1) is 21.9. The predicted octanol–water partition coefficient (Wildman–Crippen LogP) is 2.08.